The van der Waals surface area contributed by atoms with Crippen molar-refractivity contribution in [2.24, 2.45) is 0 Å². The van der Waals surface area contributed by atoms with E-state index in [9.17, 15) is 4.79 Å². The fourth-order valence-electron chi connectivity index (χ4n) is 2.55. The highest BCUT2D eigenvalue weighted by Gasteiger charge is 2.13. The fraction of sp³-hybridized carbons (Fsp3) is 0.150. The number of ether oxygens (including phenoxy) is 1. The van der Waals surface area contributed by atoms with E-state index in [2.05, 4.69) is 20.8 Å². The summed E-state index contributed by atoms with van der Waals surface area (Å²) in [5.74, 6) is 1.14. The van der Waals surface area contributed by atoms with Crippen LogP contribution in [-0.4, -0.2) is 29.5 Å². The molecule has 0 atom stereocenters. The van der Waals surface area contributed by atoms with Crippen molar-refractivity contribution in [1.29, 1.82) is 0 Å². The number of carbonyl (C=O) groups excluding carboxylic acids is 1. The zero-order valence-electron chi connectivity index (χ0n) is 15.5. The van der Waals surface area contributed by atoms with Crippen molar-refractivity contribution in [2.45, 2.75) is 6.54 Å². The third kappa shape index (κ3) is 5.10. The standard InChI is InChI=1S/C20H22N6O2/c1-26(12-15-8-4-2-5-9-15)20-18(21)19(22-14-23-20)25-24-17(27)13-28-16-10-6-3-7-11-16/h2-11,14H,12-13,21H2,1H3,(H,24,27)(H,22,23,25). The molecular weight excluding hydrogens is 356 g/mol. The van der Waals surface area contributed by atoms with E-state index >= 15 is 0 Å². The van der Waals surface area contributed by atoms with Crippen LogP contribution in [0.15, 0.2) is 67.0 Å². The second kappa shape index (κ2) is 9.22. The molecule has 0 aliphatic rings. The Morgan fingerprint density at radius 3 is 2.46 bits per heavy atom. The van der Waals surface area contributed by atoms with Gasteiger partial charge in [-0.1, -0.05) is 48.5 Å². The Morgan fingerprint density at radius 2 is 1.75 bits per heavy atom. The Labute approximate surface area is 163 Å². The van der Waals surface area contributed by atoms with E-state index < -0.39 is 0 Å². The van der Waals surface area contributed by atoms with Gasteiger partial charge >= 0.3 is 0 Å². The number of hydrogen-bond acceptors (Lipinski definition) is 7. The summed E-state index contributed by atoms with van der Waals surface area (Å²) in [4.78, 5) is 22.2. The Morgan fingerprint density at radius 1 is 1.07 bits per heavy atom. The fourth-order valence-corrected chi connectivity index (χ4v) is 2.55. The van der Waals surface area contributed by atoms with E-state index in [1.807, 2.05) is 60.5 Å². The van der Waals surface area contributed by atoms with Gasteiger partial charge in [-0.3, -0.25) is 15.6 Å². The van der Waals surface area contributed by atoms with Gasteiger partial charge < -0.3 is 15.4 Å². The first-order valence-electron chi connectivity index (χ1n) is 8.71. The molecule has 0 bridgehead atoms. The van der Waals surface area contributed by atoms with Crippen LogP contribution in [-0.2, 0) is 11.3 Å². The minimum atomic E-state index is -0.360. The van der Waals surface area contributed by atoms with Gasteiger partial charge in [0.15, 0.2) is 18.2 Å². The number of nitrogens with two attached hydrogens (primary N) is 1. The molecule has 8 nitrogen and oxygen atoms in total. The number of hydrogen-bond donors (Lipinski definition) is 3. The molecule has 4 N–H and O–H groups in total. The Hall–Kier alpha value is -3.81. The van der Waals surface area contributed by atoms with Crippen LogP contribution < -0.4 is 26.2 Å². The van der Waals surface area contributed by atoms with Gasteiger partial charge in [-0.05, 0) is 17.7 Å². The van der Waals surface area contributed by atoms with Crippen molar-refractivity contribution in [3.05, 3.63) is 72.6 Å². The Bertz CT molecular complexity index is 905. The molecule has 8 heteroatoms. The summed E-state index contributed by atoms with van der Waals surface area (Å²) >= 11 is 0. The number of anilines is 3. The summed E-state index contributed by atoms with van der Waals surface area (Å²) in [5, 5.41) is 0. The second-order valence-corrected chi connectivity index (χ2v) is 6.08. The highest BCUT2D eigenvalue weighted by Crippen LogP contribution is 2.25. The molecule has 0 fully saturated rings. The molecule has 0 aliphatic carbocycles. The molecular formula is C20H22N6O2. The quantitative estimate of drug-likeness (QED) is 0.516. The maximum absolute atomic E-state index is 12.0. The van der Waals surface area contributed by atoms with E-state index in [1.165, 1.54) is 6.33 Å². The van der Waals surface area contributed by atoms with E-state index in [1.54, 1.807) is 12.1 Å². The summed E-state index contributed by atoms with van der Waals surface area (Å²) in [6.07, 6.45) is 1.39. The first-order valence-corrected chi connectivity index (χ1v) is 8.71. The molecule has 1 amide bonds. The molecule has 144 valence electrons. The highest BCUT2D eigenvalue weighted by molar-refractivity contribution is 5.81. The number of carbonyl (C=O) groups is 1. The number of nitrogens with zero attached hydrogens (tertiary/aromatic N) is 3. The molecule has 3 aromatic rings. The zero-order chi connectivity index (χ0) is 19.8. The van der Waals surface area contributed by atoms with Crippen molar-refractivity contribution in [2.75, 3.05) is 29.7 Å². The van der Waals surface area contributed by atoms with Crippen LogP contribution in [0, 0.1) is 0 Å². The molecule has 0 unspecified atom stereocenters. The number of para-hydroxylation sites is 1. The number of hydrazine groups is 1. The Kier molecular flexibility index (Phi) is 6.25. The van der Waals surface area contributed by atoms with E-state index in [-0.39, 0.29) is 12.5 Å². The van der Waals surface area contributed by atoms with Crippen LogP contribution in [0.5, 0.6) is 5.75 Å². The van der Waals surface area contributed by atoms with Crippen LogP contribution in [0.1, 0.15) is 5.56 Å². The first-order chi connectivity index (χ1) is 13.6. The molecule has 1 aromatic heterocycles. The summed E-state index contributed by atoms with van der Waals surface area (Å²) in [6, 6.07) is 19.1. The number of nitrogens with one attached hydrogen (secondary N) is 2. The lowest BCUT2D eigenvalue weighted by Gasteiger charge is -2.21. The molecule has 0 radical (unpaired) electrons. The average Bonchev–Trinajstić information content (AvgIpc) is 2.73. The lowest BCUT2D eigenvalue weighted by Crippen LogP contribution is -2.34. The average molecular weight is 378 g/mol. The molecule has 0 aliphatic heterocycles. The third-order valence-electron chi connectivity index (χ3n) is 3.92. The minimum Gasteiger partial charge on any atom is -0.484 e. The maximum atomic E-state index is 12.0. The lowest BCUT2D eigenvalue weighted by molar-refractivity contribution is -0.122. The first kappa shape index (κ1) is 19.0. The van der Waals surface area contributed by atoms with Gasteiger partial charge in [0.05, 0.1) is 0 Å². The van der Waals surface area contributed by atoms with Gasteiger partial charge in [0.25, 0.3) is 5.91 Å². The lowest BCUT2D eigenvalue weighted by atomic mass is 10.2. The predicted octanol–water partition coefficient (Wildman–Crippen LogP) is 2.22. The smallest absolute Gasteiger partial charge is 0.276 e. The molecule has 1 heterocycles. The predicted molar refractivity (Wildman–Crippen MR) is 109 cm³/mol. The normalized spacial score (nSPS) is 10.2. The molecule has 2 aromatic carbocycles. The summed E-state index contributed by atoms with van der Waals surface area (Å²) < 4.78 is 5.39. The van der Waals surface area contributed by atoms with Crippen molar-refractivity contribution >= 4 is 23.2 Å². The number of benzene rings is 2. The van der Waals surface area contributed by atoms with Crippen LogP contribution in [0.3, 0.4) is 0 Å². The third-order valence-corrected chi connectivity index (χ3v) is 3.92. The summed E-state index contributed by atoms with van der Waals surface area (Å²) in [7, 11) is 1.89. The van der Waals surface area contributed by atoms with Gasteiger partial charge in [-0.2, -0.15) is 0 Å². The van der Waals surface area contributed by atoms with Crippen LogP contribution in [0.4, 0.5) is 17.3 Å². The topological polar surface area (TPSA) is 105 Å². The van der Waals surface area contributed by atoms with Crippen LogP contribution in [0.25, 0.3) is 0 Å². The number of rotatable bonds is 8. The molecule has 0 spiro atoms. The summed E-state index contributed by atoms with van der Waals surface area (Å²) in [6.45, 7) is 0.502. The van der Waals surface area contributed by atoms with E-state index in [4.69, 9.17) is 10.5 Å². The zero-order valence-corrected chi connectivity index (χ0v) is 15.5. The largest absolute Gasteiger partial charge is 0.484 e. The Balaban J connectivity index is 1.57. The van der Waals surface area contributed by atoms with Gasteiger partial charge in [-0.25, -0.2) is 9.97 Å². The van der Waals surface area contributed by atoms with Crippen molar-refractivity contribution in [1.82, 2.24) is 15.4 Å². The minimum absolute atomic E-state index is 0.136. The number of amides is 1. The van der Waals surface area contributed by atoms with Crippen LogP contribution >= 0.6 is 0 Å². The van der Waals surface area contributed by atoms with Gasteiger partial charge in [0.1, 0.15) is 17.8 Å². The molecule has 0 saturated heterocycles. The van der Waals surface area contributed by atoms with Crippen molar-refractivity contribution in [3.63, 3.8) is 0 Å². The van der Waals surface area contributed by atoms with E-state index in [0.29, 0.717) is 29.6 Å². The number of aromatic nitrogens is 2. The van der Waals surface area contributed by atoms with Gasteiger partial charge in [0, 0.05) is 13.6 Å². The molecule has 0 saturated carbocycles. The van der Waals surface area contributed by atoms with E-state index in [0.717, 1.165) is 5.56 Å². The second-order valence-electron chi connectivity index (χ2n) is 6.08. The monoisotopic (exact) mass is 378 g/mol. The van der Waals surface area contributed by atoms with Crippen molar-refractivity contribution in [3.8, 4) is 5.75 Å². The van der Waals surface area contributed by atoms with Crippen LogP contribution in [0.2, 0.25) is 0 Å². The van der Waals surface area contributed by atoms with Crippen molar-refractivity contribution < 1.29 is 9.53 Å². The highest BCUT2D eigenvalue weighted by atomic mass is 16.5. The summed E-state index contributed by atoms with van der Waals surface area (Å²) in [5.41, 5.74) is 12.9. The van der Waals surface area contributed by atoms with Gasteiger partial charge in [0.2, 0.25) is 0 Å². The SMILES string of the molecule is CN(Cc1ccccc1)c1ncnc(NNC(=O)COc2ccccc2)c1N. The maximum Gasteiger partial charge on any atom is 0.276 e. The van der Waals surface area contributed by atoms with Gasteiger partial charge in [-0.15, -0.1) is 0 Å². The number of nitrogen functional groups attached to an aromatic ring is 1. The molecule has 28 heavy (non-hydrogen) atoms. The molecule has 3 rings (SSSR count).